The van der Waals surface area contributed by atoms with E-state index < -0.39 is 5.97 Å². The maximum atomic E-state index is 12.1. The molecule has 0 unspecified atom stereocenters. The van der Waals surface area contributed by atoms with Crippen molar-refractivity contribution in [1.82, 2.24) is 15.1 Å². The highest BCUT2D eigenvalue weighted by atomic mass is 16.4. The lowest BCUT2D eigenvalue weighted by Gasteiger charge is -2.33. The number of carbonyl (C=O) groups is 2. The number of amides is 2. The van der Waals surface area contributed by atoms with Gasteiger partial charge in [0.2, 0.25) is 0 Å². The molecule has 6 nitrogen and oxygen atoms in total. The van der Waals surface area contributed by atoms with Crippen LogP contribution in [0.2, 0.25) is 0 Å². The van der Waals surface area contributed by atoms with Gasteiger partial charge in [-0.05, 0) is 51.2 Å². The average molecular weight is 297 g/mol. The van der Waals surface area contributed by atoms with Crippen LogP contribution in [0.1, 0.15) is 32.6 Å². The van der Waals surface area contributed by atoms with Gasteiger partial charge in [0, 0.05) is 19.6 Å². The Morgan fingerprint density at radius 3 is 2.24 bits per heavy atom. The minimum Gasteiger partial charge on any atom is -0.481 e. The van der Waals surface area contributed by atoms with Crippen molar-refractivity contribution in [2.45, 2.75) is 32.6 Å². The summed E-state index contributed by atoms with van der Waals surface area (Å²) in [4.78, 5) is 27.2. The molecule has 0 radical (unpaired) electrons. The highest BCUT2D eigenvalue weighted by Gasteiger charge is 2.27. The number of piperidine rings is 2. The van der Waals surface area contributed by atoms with E-state index >= 15 is 0 Å². The molecular weight excluding hydrogens is 270 g/mol. The van der Waals surface area contributed by atoms with E-state index in [0.717, 1.165) is 39.0 Å². The lowest BCUT2D eigenvalue weighted by molar-refractivity contribution is -0.143. The zero-order valence-corrected chi connectivity index (χ0v) is 12.9. The molecule has 2 fully saturated rings. The van der Waals surface area contributed by atoms with Crippen LogP contribution in [0, 0.1) is 11.8 Å². The van der Waals surface area contributed by atoms with Gasteiger partial charge in [-0.1, -0.05) is 6.92 Å². The number of urea groups is 1. The molecule has 0 spiro atoms. The first-order chi connectivity index (χ1) is 10.1. The zero-order valence-electron chi connectivity index (χ0n) is 12.9. The fraction of sp³-hybridized carbons (Fsp3) is 0.867. The van der Waals surface area contributed by atoms with E-state index in [0.29, 0.717) is 31.8 Å². The highest BCUT2D eigenvalue weighted by Crippen LogP contribution is 2.18. The zero-order chi connectivity index (χ0) is 15.2. The Balaban J connectivity index is 1.65. The summed E-state index contributed by atoms with van der Waals surface area (Å²) < 4.78 is 0. The van der Waals surface area contributed by atoms with Gasteiger partial charge in [0.15, 0.2) is 0 Å². The molecule has 0 aliphatic carbocycles. The Morgan fingerprint density at radius 2 is 1.71 bits per heavy atom. The fourth-order valence-electron chi connectivity index (χ4n) is 3.18. The third-order valence-electron chi connectivity index (χ3n) is 4.83. The van der Waals surface area contributed by atoms with E-state index in [1.165, 1.54) is 0 Å². The molecule has 0 aromatic heterocycles. The summed E-state index contributed by atoms with van der Waals surface area (Å²) in [6.07, 6.45) is 3.43. The molecule has 2 rings (SSSR count). The van der Waals surface area contributed by atoms with Crippen molar-refractivity contribution in [2.24, 2.45) is 11.8 Å². The number of likely N-dealkylation sites (tertiary alicyclic amines) is 2. The fourth-order valence-corrected chi connectivity index (χ4v) is 3.18. The number of aliphatic carboxylic acids is 1. The summed E-state index contributed by atoms with van der Waals surface area (Å²) in [7, 11) is 0. The molecule has 0 aromatic rings. The van der Waals surface area contributed by atoms with Crippen LogP contribution in [0.5, 0.6) is 0 Å². The van der Waals surface area contributed by atoms with Crippen molar-refractivity contribution in [3.8, 4) is 0 Å². The van der Waals surface area contributed by atoms with E-state index in [4.69, 9.17) is 5.11 Å². The first kappa shape index (κ1) is 16.1. The van der Waals surface area contributed by atoms with Crippen LogP contribution < -0.4 is 5.32 Å². The molecule has 2 saturated heterocycles. The third-order valence-corrected chi connectivity index (χ3v) is 4.83. The van der Waals surface area contributed by atoms with Crippen LogP contribution in [0.25, 0.3) is 0 Å². The van der Waals surface area contributed by atoms with Crippen LogP contribution >= 0.6 is 0 Å². The summed E-state index contributed by atoms with van der Waals surface area (Å²) in [6.45, 7) is 7.39. The first-order valence-electron chi connectivity index (χ1n) is 8.08. The van der Waals surface area contributed by atoms with E-state index in [1.807, 2.05) is 0 Å². The third kappa shape index (κ3) is 4.59. The van der Waals surface area contributed by atoms with Gasteiger partial charge < -0.3 is 20.2 Å². The van der Waals surface area contributed by atoms with Crippen LogP contribution in [0.4, 0.5) is 4.79 Å². The first-order valence-corrected chi connectivity index (χ1v) is 8.08. The minimum absolute atomic E-state index is 0.0308. The summed E-state index contributed by atoms with van der Waals surface area (Å²) in [5.41, 5.74) is 0. The van der Waals surface area contributed by atoms with Crippen LogP contribution in [0.15, 0.2) is 0 Å². The molecule has 0 saturated carbocycles. The number of nitrogens with one attached hydrogen (secondary N) is 1. The van der Waals surface area contributed by atoms with Gasteiger partial charge in [-0.15, -0.1) is 0 Å². The molecule has 0 aromatic carbocycles. The summed E-state index contributed by atoms with van der Waals surface area (Å²) in [5.74, 6) is -0.446. The number of nitrogens with zero attached hydrogens (tertiary/aromatic N) is 2. The summed E-state index contributed by atoms with van der Waals surface area (Å²) in [6, 6.07) is -0.0308. The van der Waals surface area contributed by atoms with E-state index in [2.05, 4.69) is 17.1 Å². The van der Waals surface area contributed by atoms with Gasteiger partial charge in [-0.3, -0.25) is 4.79 Å². The number of hydrogen-bond donors (Lipinski definition) is 2. The number of rotatable bonds is 4. The number of carboxylic acids is 1. The Kier molecular flexibility index (Phi) is 5.85. The Morgan fingerprint density at radius 1 is 1.10 bits per heavy atom. The molecule has 2 amide bonds. The minimum atomic E-state index is -0.738. The lowest BCUT2D eigenvalue weighted by Crippen LogP contribution is -2.47. The molecule has 120 valence electrons. The maximum absolute atomic E-state index is 12.1. The highest BCUT2D eigenvalue weighted by molar-refractivity contribution is 5.75. The van der Waals surface area contributed by atoms with Gasteiger partial charge in [0.1, 0.15) is 0 Å². The average Bonchev–Trinajstić information content (AvgIpc) is 2.53. The normalized spacial score (nSPS) is 22.2. The second-order valence-electron chi connectivity index (χ2n) is 6.16. The molecule has 2 heterocycles. The summed E-state index contributed by atoms with van der Waals surface area (Å²) >= 11 is 0. The monoisotopic (exact) mass is 297 g/mol. The van der Waals surface area contributed by atoms with Crippen LogP contribution in [0.3, 0.4) is 0 Å². The smallest absolute Gasteiger partial charge is 0.317 e. The molecule has 0 bridgehead atoms. The Labute approximate surface area is 126 Å². The van der Waals surface area contributed by atoms with E-state index in [1.54, 1.807) is 4.90 Å². The van der Waals surface area contributed by atoms with Crippen molar-refractivity contribution >= 4 is 12.0 Å². The molecule has 6 heteroatoms. The van der Waals surface area contributed by atoms with Gasteiger partial charge >= 0.3 is 12.0 Å². The lowest BCUT2D eigenvalue weighted by atomic mass is 9.96. The van der Waals surface area contributed by atoms with Crippen molar-refractivity contribution in [3.63, 3.8) is 0 Å². The number of carboxylic acid groups (broad SMARTS) is 1. The standard InChI is InChI=1S/C15H27N3O3/c1-2-17-7-3-12(4-8-17)11-16-15(21)18-9-5-13(6-10-18)14(19)20/h12-13H,2-11H2,1H3,(H,16,21)(H,19,20). The summed E-state index contributed by atoms with van der Waals surface area (Å²) in [5, 5.41) is 12.0. The molecule has 21 heavy (non-hydrogen) atoms. The van der Waals surface area contributed by atoms with E-state index in [-0.39, 0.29) is 11.9 Å². The number of hydrogen-bond acceptors (Lipinski definition) is 3. The predicted octanol–water partition coefficient (Wildman–Crippen LogP) is 1.22. The van der Waals surface area contributed by atoms with Crippen molar-refractivity contribution in [2.75, 3.05) is 39.3 Å². The second kappa shape index (κ2) is 7.64. The van der Waals surface area contributed by atoms with E-state index in [9.17, 15) is 9.59 Å². The van der Waals surface area contributed by atoms with Gasteiger partial charge in [-0.2, -0.15) is 0 Å². The Hall–Kier alpha value is -1.30. The molecule has 0 atom stereocenters. The largest absolute Gasteiger partial charge is 0.481 e. The molecular formula is C15H27N3O3. The van der Waals surface area contributed by atoms with Gasteiger partial charge in [-0.25, -0.2) is 4.79 Å². The SMILES string of the molecule is CCN1CCC(CNC(=O)N2CCC(C(=O)O)CC2)CC1. The van der Waals surface area contributed by atoms with Crippen molar-refractivity contribution in [1.29, 1.82) is 0 Å². The van der Waals surface area contributed by atoms with Crippen LogP contribution in [-0.2, 0) is 4.79 Å². The van der Waals surface area contributed by atoms with Crippen molar-refractivity contribution < 1.29 is 14.7 Å². The molecule has 2 N–H and O–H groups in total. The molecule has 2 aliphatic rings. The maximum Gasteiger partial charge on any atom is 0.317 e. The van der Waals surface area contributed by atoms with Gasteiger partial charge in [0.25, 0.3) is 0 Å². The Bertz CT molecular complexity index is 359. The molecule has 2 aliphatic heterocycles. The van der Waals surface area contributed by atoms with Crippen molar-refractivity contribution in [3.05, 3.63) is 0 Å². The number of carbonyl (C=O) groups excluding carboxylic acids is 1. The quantitative estimate of drug-likeness (QED) is 0.818. The van der Waals surface area contributed by atoms with Gasteiger partial charge in [0.05, 0.1) is 5.92 Å². The topological polar surface area (TPSA) is 72.9 Å². The van der Waals surface area contributed by atoms with Crippen LogP contribution in [-0.4, -0.2) is 66.2 Å². The predicted molar refractivity (Wildman–Crippen MR) is 80.2 cm³/mol. The second-order valence-corrected chi connectivity index (χ2v) is 6.16.